The Labute approximate surface area is 184 Å². The van der Waals surface area contributed by atoms with E-state index >= 15 is 0 Å². The molecule has 0 saturated heterocycles. The first kappa shape index (κ1) is 26.0. The summed E-state index contributed by atoms with van der Waals surface area (Å²) in [6, 6.07) is 6.90. The minimum Gasteiger partial charge on any atom is -0.497 e. The number of amides is 2. The van der Waals surface area contributed by atoms with Gasteiger partial charge < -0.3 is 26.0 Å². The molecule has 0 bridgehead atoms. The quantitative estimate of drug-likeness (QED) is 0.186. The van der Waals surface area contributed by atoms with Gasteiger partial charge in [0.1, 0.15) is 12.3 Å². The maximum atomic E-state index is 12.1. The van der Waals surface area contributed by atoms with Crippen molar-refractivity contribution in [2.75, 3.05) is 33.3 Å². The van der Waals surface area contributed by atoms with Gasteiger partial charge in [0.25, 0.3) is 5.91 Å². The van der Waals surface area contributed by atoms with Crippen LogP contribution in [0, 0.1) is 0 Å². The third kappa shape index (κ3) is 11.0. The van der Waals surface area contributed by atoms with Crippen molar-refractivity contribution in [1.29, 1.82) is 0 Å². The SMILES string of the molecule is CCNC(=NCC(=O)NC(C)(C)C)NCCNC(=O)c1ccc(OC)cc1.I. The van der Waals surface area contributed by atoms with Crippen molar-refractivity contribution in [3.8, 4) is 5.75 Å². The number of nitrogens with one attached hydrogen (secondary N) is 4. The number of ether oxygens (including phenoxy) is 1. The minimum absolute atomic E-state index is 0. The Kier molecular flexibility index (Phi) is 12.2. The average Bonchev–Trinajstić information content (AvgIpc) is 2.61. The lowest BCUT2D eigenvalue weighted by Gasteiger charge is -2.20. The summed E-state index contributed by atoms with van der Waals surface area (Å²) in [6.07, 6.45) is 0. The Bertz CT molecular complexity index is 642. The number of carbonyl (C=O) groups excluding carboxylic acids is 2. The molecule has 0 aliphatic rings. The molecule has 0 saturated carbocycles. The second-order valence-electron chi connectivity index (χ2n) is 6.90. The first-order valence-electron chi connectivity index (χ1n) is 9.00. The fourth-order valence-electron chi connectivity index (χ4n) is 2.15. The fraction of sp³-hybridized carbons (Fsp3) is 0.526. The molecule has 4 N–H and O–H groups in total. The van der Waals surface area contributed by atoms with Crippen molar-refractivity contribution in [3.05, 3.63) is 29.8 Å². The molecule has 1 rings (SSSR count). The number of halogens is 1. The van der Waals surface area contributed by atoms with E-state index in [0.29, 0.717) is 36.9 Å². The number of carbonyl (C=O) groups is 2. The Morgan fingerprint density at radius 3 is 2.18 bits per heavy atom. The number of guanidine groups is 1. The van der Waals surface area contributed by atoms with Gasteiger partial charge in [0.15, 0.2) is 5.96 Å². The molecule has 1 aromatic rings. The first-order valence-corrected chi connectivity index (χ1v) is 9.00. The summed E-state index contributed by atoms with van der Waals surface area (Å²) >= 11 is 0. The lowest BCUT2D eigenvalue weighted by atomic mass is 10.1. The third-order valence-corrected chi connectivity index (χ3v) is 3.29. The molecule has 0 aromatic heterocycles. The summed E-state index contributed by atoms with van der Waals surface area (Å²) in [5.74, 6) is 0.925. The van der Waals surface area contributed by atoms with Crippen LogP contribution in [0.5, 0.6) is 5.75 Å². The monoisotopic (exact) mass is 505 g/mol. The van der Waals surface area contributed by atoms with E-state index in [4.69, 9.17) is 4.74 Å². The van der Waals surface area contributed by atoms with E-state index in [-0.39, 0.29) is 47.9 Å². The third-order valence-electron chi connectivity index (χ3n) is 3.29. The molecule has 2 amide bonds. The fourth-order valence-corrected chi connectivity index (χ4v) is 2.15. The summed E-state index contributed by atoms with van der Waals surface area (Å²) in [4.78, 5) is 28.2. The zero-order chi connectivity index (χ0) is 20.3. The summed E-state index contributed by atoms with van der Waals surface area (Å²) < 4.78 is 5.07. The van der Waals surface area contributed by atoms with Gasteiger partial charge in [-0.15, -0.1) is 24.0 Å². The zero-order valence-electron chi connectivity index (χ0n) is 17.2. The summed E-state index contributed by atoms with van der Waals surface area (Å²) in [6.45, 7) is 9.31. The summed E-state index contributed by atoms with van der Waals surface area (Å²) in [5.41, 5.74) is 0.277. The maximum Gasteiger partial charge on any atom is 0.251 e. The van der Waals surface area contributed by atoms with Crippen molar-refractivity contribution >= 4 is 41.8 Å². The predicted molar refractivity (Wildman–Crippen MR) is 123 cm³/mol. The molecular formula is C19H32IN5O3. The van der Waals surface area contributed by atoms with Crippen LogP contribution in [0.25, 0.3) is 0 Å². The standard InChI is InChI=1S/C19H31N5O3.HI/c1-6-20-18(23-13-16(25)24-19(2,3)4)22-12-11-21-17(26)14-7-9-15(27-5)10-8-14;/h7-10H,6,11-13H2,1-5H3,(H,21,26)(H,24,25)(H2,20,22,23);1H. The van der Waals surface area contributed by atoms with Crippen LogP contribution in [-0.2, 0) is 4.79 Å². The number of rotatable bonds is 8. The molecular weight excluding hydrogens is 473 g/mol. The topological polar surface area (TPSA) is 104 Å². The number of aliphatic imine (C=N–C) groups is 1. The molecule has 0 heterocycles. The second kappa shape index (κ2) is 13.2. The van der Waals surface area contributed by atoms with E-state index in [9.17, 15) is 9.59 Å². The van der Waals surface area contributed by atoms with Gasteiger partial charge in [-0.3, -0.25) is 9.59 Å². The molecule has 9 heteroatoms. The maximum absolute atomic E-state index is 12.1. The Morgan fingerprint density at radius 1 is 1.04 bits per heavy atom. The van der Waals surface area contributed by atoms with Gasteiger partial charge in [-0.1, -0.05) is 0 Å². The van der Waals surface area contributed by atoms with E-state index in [1.165, 1.54) is 0 Å². The molecule has 0 aliphatic heterocycles. The number of hydrogen-bond donors (Lipinski definition) is 4. The molecule has 0 atom stereocenters. The van der Waals surface area contributed by atoms with Crippen LogP contribution in [0.15, 0.2) is 29.3 Å². The van der Waals surface area contributed by atoms with Crippen LogP contribution < -0.4 is 26.0 Å². The van der Waals surface area contributed by atoms with Crippen molar-refractivity contribution in [2.45, 2.75) is 33.2 Å². The minimum atomic E-state index is -0.288. The van der Waals surface area contributed by atoms with Crippen LogP contribution in [0.4, 0.5) is 0 Å². The van der Waals surface area contributed by atoms with E-state index in [0.717, 1.165) is 0 Å². The van der Waals surface area contributed by atoms with E-state index in [1.807, 2.05) is 27.7 Å². The van der Waals surface area contributed by atoms with E-state index in [2.05, 4.69) is 26.3 Å². The largest absolute Gasteiger partial charge is 0.497 e. The van der Waals surface area contributed by atoms with Crippen LogP contribution >= 0.6 is 24.0 Å². The Hall–Kier alpha value is -2.04. The molecule has 0 unspecified atom stereocenters. The normalized spacial score (nSPS) is 11.1. The van der Waals surface area contributed by atoms with E-state index in [1.54, 1.807) is 31.4 Å². The number of nitrogens with zero attached hydrogens (tertiary/aromatic N) is 1. The molecule has 8 nitrogen and oxygen atoms in total. The zero-order valence-corrected chi connectivity index (χ0v) is 19.5. The highest BCUT2D eigenvalue weighted by molar-refractivity contribution is 14.0. The molecule has 1 aromatic carbocycles. The van der Waals surface area contributed by atoms with Crippen LogP contribution in [-0.4, -0.2) is 56.6 Å². The molecule has 0 aliphatic carbocycles. The van der Waals surface area contributed by atoms with Gasteiger partial charge in [0.05, 0.1) is 7.11 Å². The Morgan fingerprint density at radius 2 is 1.64 bits per heavy atom. The predicted octanol–water partition coefficient (Wildman–Crippen LogP) is 1.51. The number of methoxy groups -OCH3 is 1. The molecule has 0 fully saturated rings. The molecule has 28 heavy (non-hydrogen) atoms. The van der Waals surface area contributed by atoms with Crippen molar-refractivity contribution in [3.63, 3.8) is 0 Å². The highest BCUT2D eigenvalue weighted by atomic mass is 127. The highest BCUT2D eigenvalue weighted by Gasteiger charge is 2.13. The summed E-state index contributed by atoms with van der Waals surface area (Å²) in [7, 11) is 1.58. The lowest BCUT2D eigenvalue weighted by molar-refractivity contribution is -0.121. The van der Waals surface area contributed by atoms with Gasteiger partial charge in [0.2, 0.25) is 5.91 Å². The Balaban J connectivity index is 0.00000729. The van der Waals surface area contributed by atoms with Crippen LogP contribution in [0.1, 0.15) is 38.1 Å². The highest BCUT2D eigenvalue weighted by Crippen LogP contribution is 2.10. The number of benzene rings is 1. The van der Waals surface area contributed by atoms with Gasteiger partial charge in [-0.2, -0.15) is 0 Å². The van der Waals surface area contributed by atoms with Crippen LogP contribution in [0.3, 0.4) is 0 Å². The van der Waals surface area contributed by atoms with E-state index < -0.39 is 0 Å². The summed E-state index contributed by atoms with van der Waals surface area (Å²) in [5, 5.41) is 11.8. The van der Waals surface area contributed by atoms with Gasteiger partial charge in [0, 0.05) is 30.7 Å². The van der Waals surface area contributed by atoms with Gasteiger partial charge >= 0.3 is 0 Å². The van der Waals surface area contributed by atoms with Crippen LogP contribution in [0.2, 0.25) is 0 Å². The van der Waals surface area contributed by atoms with Crippen molar-refractivity contribution in [1.82, 2.24) is 21.3 Å². The van der Waals surface area contributed by atoms with Gasteiger partial charge in [-0.25, -0.2) is 4.99 Å². The van der Waals surface area contributed by atoms with Crippen molar-refractivity contribution in [2.24, 2.45) is 4.99 Å². The first-order chi connectivity index (χ1) is 12.7. The smallest absolute Gasteiger partial charge is 0.251 e. The average molecular weight is 505 g/mol. The molecule has 0 spiro atoms. The van der Waals surface area contributed by atoms with Gasteiger partial charge in [-0.05, 0) is 52.0 Å². The van der Waals surface area contributed by atoms with Crippen molar-refractivity contribution < 1.29 is 14.3 Å². The second-order valence-corrected chi connectivity index (χ2v) is 6.90. The molecule has 0 radical (unpaired) electrons. The molecule has 158 valence electrons. The lowest BCUT2D eigenvalue weighted by Crippen LogP contribution is -2.44. The number of hydrogen-bond acceptors (Lipinski definition) is 4.